The van der Waals surface area contributed by atoms with Crippen LogP contribution in [0.25, 0.3) is 0 Å². The molecule has 3 fully saturated rings. The van der Waals surface area contributed by atoms with Gasteiger partial charge in [0.15, 0.2) is 0 Å². The molecule has 0 aromatic heterocycles. The molecule has 3 aliphatic rings. The van der Waals surface area contributed by atoms with Gasteiger partial charge in [0.05, 0.1) is 13.7 Å². The van der Waals surface area contributed by atoms with Crippen LogP contribution in [0.1, 0.15) is 52.0 Å². The predicted octanol–water partition coefficient (Wildman–Crippen LogP) is 2.76. The molecule has 5 rings (SSSR count). The molecule has 8 nitrogen and oxygen atoms in total. The van der Waals surface area contributed by atoms with Crippen LogP contribution in [0, 0.1) is 6.92 Å². The Morgan fingerprint density at radius 3 is 2.34 bits per heavy atom. The Bertz CT molecular complexity index is 1120. The Morgan fingerprint density at radius 2 is 1.71 bits per heavy atom. The molecule has 0 radical (unpaired) electrons. The predicted molar refractivity (Wildman–Crippen MR) is 129 cm³/mol. The second kappa shape index (κ2) is 9.34. The van der Waals surface area contributed by atoms with Crippen molar-refractivity contribution in [2.24, 2.45) is 0 Å². The highest BCUT2D eigenvalue weighted by molar-refractivity contribution is 5.99. The summed E-state index contributed by atoms with van der Waals surface area (Å²) in [5.41, 5.74) is 1.19. The third-order valence-corrected chi connectivity index (χ3v) is 7.14. The highest BCUT2D eigenvalue weighted by Gasteiger charge is 2.54. The molecular formula is C27H31N3O5. The van der Waals surface area contributed by atoms with Gasteiger partial charge in [-0.1, -0.05) is 17.7 Å². The summed E-state index contributed by atoms with van der Waals surface area (Å²) in [7, 11) is 1.59. The van der Waals surface area contributed by atoms with Crippen LogP contribution in [0.2, 0.25) is 0 Å². The third-order valence-electron chi connectivity index (χ3n) is 7.14. The number of likely N-dealkylation sites (tertiary alicyclic amines) is 1. The SMILES string of the molecule is COc1ccc(C(=O)N2CCC3(CC2)OC[C@@H](C(=O)NC2CC2)N3C(=O)c2cccc(C)c2)cc1. The second-order valence-corrected chi connectivity index (χ2v) is 9.62. The lowest BCUT2D eigenvalue weighted by atomic mass is 9.95. The number of ether oxygens (including phenoxy) is 2. The maximum atomic E-state index is 13.8. The number of piperidine rings is 1. The lowest BCUT2D eigenvalue weighted by Gasteiger charge is -2.44. The van der Waals surface area contributed by atoms with E-state index in [0.29, 0.717) is 42.8 Å². The zero-order valence-corrected chi connectivity index (χ0v) is 20.2. The smallest absolute Gasteiger partial charge is 0.256 e. The monoisotopic (exact) mass is 477 g/mol. The molecular weight excluding hydrogens is 446 g/mol. The van der Waals surface area contributed by atoms with Crippen molar-refractivity contribution in [3.05, 3.63) is 65.2 Å². The van der Waals surface area contributed by atoms with Gasteiger partial charge in [0.25, 0.3) is 11.8 Å². The molecule has 8 heteroatoms. The van der Waals surface area contributed by atoms with E-state index in [2.05, 4.69) is 5.32 Å². The van der Waals surface area contributed by atoms with Crippen LogP contribution in [-0.4, -0.2) is 72.1 Å². The normalized spacial score (nSPS) is 21.1. The van der Waals surface area contributed by atoms with Gasteiger partial charge < -0.3 is 19.7 Å². The molecule has 184 valence electrons. The fourth-order valence-electron chi connectivity index (χ4n) is 4.98. The number of hydrogen-bond donors (Lipinski definition) is 1. The molecule has 1 spiro atoms. The summed E-state index contributed by atoms with van der Waals surface area (Å²) in [6.45, 7) is 2.95. The molecule has 1 saturated carbocycles. The number of hydrogen-bond acceptors (Lipinski definition) is 5. The second-order valence-electron chi connectivity index (χ2n) is 9.62. The van der Waals surface area contributed by atoms with E-state index in [1.165, 1.54) is 0 Å². The van der Waals surface area contributed by atoms with E-state index in [0.717, 1.165) is 18.4 Å². The summed E-state index contributed by atoms with van der Waals surface area (Å²) in [4.78, 5) is 43.4. The average Bonchev–Trinajstić information content (AvgIpc) is 3.62. The Hall–Kier alpha value is -3.39. The third kappa shape index (κ3) is 4.62. The van der Waals surface area contributed by atoms with Crippen LogP contribution in [0.15, 0.2) is 48.5 Å². The summed E-state index contributed by atoms with van der Waals surface area (Å²) >= 11 is 0. The van der Waals surface area contributed by atoms with Gasteiger partial charge in [0.1, 0.15) is 17.5 Å². The Labute approximate surface area is 205 Å². The number of rotatable bonds is 5. The lowest BCUT2D eigenvalue weighted by Crippen LogP contribution is -2.60. The molecule has 2 aromatic rings. The van der Waals surface area contributed by atoms with Gasteiger partial charge in [-0.05, 0) is 56.2 Å². The van der Waals surface area contributed by atoms with E-state index in [-0.39, 0.29) is 30.4 Å². The molecule has 35 heavy (non-hydrogen) atoms. The number of methoxy groups -OCH3 is 1. The van der Waals surface area contributed by atoms with Crippen molar-refractivity contribution in [3.63, 3.8) is 0 Å². The lowest BCUT2D eigenvalue weighted by molar-refractivity contribution is -0.128. The van der Waals surface area contributed by atoms with Crippen LogP contribution < -0.4 is 10.1 Å². The minimum atomic E-state index is -0.914. The minimum Gasteiger partial charge on any atom is -0.497 e. The van der Waals surface area contributed by atoms with Crippen molar-refractivity contribution in [2.75, 3.05) is 26.8 Å². The number of nitrogens with zero attached hydrogens (tertiary/aromatic N) is 2. The van der Waals surface area contributed by atoms with Crippen molar-refractivity contribution >= 4 is 17.7 Å². The number of benzene rings is 2. The number of nitrogens with one attached hydrogen (secondary N) is 1. The van der Waals surface area contributed by atoms with E-state index >= 15 is 0 Å². The zero-order chi connectivity index (χ0) is 24.6. The Kier molecular flexibility index (Phi) is 6.23. The topological polar surface area (TPSA) is 88.2 Å². The van der Waals surface area contributed by atoms with Gasteiger partial charge in [-0.2, -0.15) is 0 Å². The standard InChI is InChI=1S/C27H31N3O5/c1-18-4-3-5-20(16-18)26(33)30-23(24(31)28-21-8-9-21)17-35-27(30)12-14-29(15-13-27)25(32)19-6-10-22(34-2)11-7-19/h3-7,10-11,16,21,23H,8-9,12-15,17H2,1-2H3,(H,28,31)/t23-/m0/s1. The maximum absolute atomic E-state index is 13.8. The minimum absolute atomic E-state index is 0.0694. The molecule has 1 atom stereocenters. The molecule has 2 aromatic carbocycles. The Balaban J connectivity index is 1.36. The van der Waals surface area contributed by atoms with Crippen molar-refractivity contribution in [1.29, 1.82) is 0 Å². The van der Waals surface area contributed by atoms with Crippen molar-refractivity contribution < 1.29 is 23.9 Å². The first-order valence-electron chi connectivity index (χ1n) is 12.2. The summed E-state index contributed by atoms with van der Waals surface area (Å²) < 4.78 is 11.4. The summed E-state index contributed by atoms with van der Waals surface area (Å²) in [6, 6.07) is 14.0. The molecule has 1 N–H and O–H groups in total. The fraction of sp³-hybridized carbons (Fsp3) is 0.444. The average molecular weight is 478 g/mol. The highest BCUT2D eigenvalue weighted by atomic mass is 16.5. The van der Waals surface area contributed by atoms with Gasteiger partial charge in [-0.15, -0.1) is 0 Å². The first-order valence-corrected chi connectivity index (χ1v) is 12.2. The van der Waals surface area contributed by atoms with Gasteiger partial charge in [0, 0.05) is 43.1 Å². The van der Waals surface area contributed by atoms with E-state index in [1.807, 2.05) is 25.1 Å². The number of carbonyl (C=O) groups excluding carboxylic acids is 3. The van der Waals surface area contributed by atoms with Crippen LogP contribution in [0.5, 0.6) is 5.75 Å². The molecule has 2 heterocycles. The van der Waals surface area contributed by atoms with Gasteiger partial charge in [0.2, 0.25) is 5.91 Å². The van der Waals surface area contributed by atoms with Crippen molar-refractivity contribution in [2.45, 2.75) is 50.4 Å². The quantitative estimate of drug-likeness (QED) is 0.716. The first-order chi connectivity index (χ1) is 16.9. The fourth-order valence-corrected chi connectivity index (χ4v) is 4.98. The number of aryl methyl sites for hydroxylation is 1. The van der Waals surface area contributed by atoms with Crippen LogP contribution in [0.4, 0.5) is 0 Å². The van der Waals surface area contributed by atoms with Crippen LogP contribution in [-0.2, 0) is 9.53 Å². The zero-order valence-electron chi connectivity index (χ0n) is 20.2. The van der Waals surface area contributed by atoms with E-state index < -0.39 is 11.8 Å². The van der Waals surface area contributed by atoms with Gasteiger partial charge in [-0.25, -0.2) is 0 Å². The first kappa shape index (κ1) is 23.4. The van der Waals surface area contributed by atoms with E-state index in [9.17, 15) is 14.4 Å². The molecule has 0 bridgehead atoms. The summed E-state index contributed by atoms with van der Waals surface area (Å²) in [5.74, 6) is 0.249. The molecule has 2 saturated heterocycles. The molecule has 3 amide bonds. The highest BCUT2D eigenvalue weighted by Crippen LogP contribution is 2.39. The summed E-state index contributed by atoms with van der Waals surface area (Å²) in [6.07, 6.45) is 2.83. The molecule has 1 aliphatic carbocycles. The maximum Gasteiger partial charge on any atom is 0.256 e. The largest absolute Gasteiger partial charge is 0.497 e. The molecule has 0 unspecified atom stereocenters. The van der Waals surface area contributed by atoms with Crippen LogP contribution in [0.3, 0.4) is 0 Å². The summed E-state index contributed by atoms with van der Waals surface area (Å²) in [5, 5.41) is 3.04. The number of carbonyl (C=O) groups is 3. The Morgan fingerprint density at radius 1 is 1.00 bits per heavy atom. The van der Waals surface area contributed by atoms with Crippen molar-refractivity contribution in [3.8, 4) is 5.75 Å². The molecule has 2 aliphatic heterocycles. The van der Waals surface area contributed by atoms with Gasteiger partial charge >= 0.3 is 0 Å². The van der Waals surface area contributed by atoms with E-state index in [4.69, 9.17) is 9.47 Å². The van der Waals surface area contributed by atoms with E-state index in [1.54, 1.807) is 47.2 Å². The van der Waals surface area contributed by atoms with Gasteiger partial charge in [-0.3, -0.25) is 19.3 Å². The number of amides is 3. The van der Waals surface area contributed by atoms with Crippen LogP contribution >= 0.6 is 0 Å². The van der Waals surface area contributed by atoms with Crippen molar-refractivity contribution in [1.82, 2.24) is 15.1 Å².